The van der Waals surface area contributed by atoms with E-state index in [9.17, 15) is 0 Å². The molecule has 3 unspecified atom stereocenters. The lowest BCUT2D eigenvalue weighted by Gasteiger charge is -2.45. The number of benzene rings is 1. The van der Waals surface area contributed by atoms with Gasteiger partial charge in [-0.05, 0) is 57.7 Å². The van der Waals surface area contributed by atoms with Gasteiger partial charge in [0.05, 0.1) is 0 Å². The highest BCUT2D eigenvalue weighted by Crippen LogP contribution is 2.23. The third-order valence-electron chi connectivity index (χ3n) is 4.55. The van der Waals surface area contributed by atoms with Crippen molar-refractivity contribution in [2.45, 2.75) is 64.1 Å². The minimum atomic E-state index is -0.131. The lowest BCUT2D eigenvalue weighted by atomic mass is 9.92. The maximum absolute atomic E-state index is 6.08. The van der Waals surface area contributed by atoms with Crippen LogP contribution in [0.2, 0.25) is 5.02 Å². The number of hydrogen-bond acceptors (Lipinski definition) is 3. The first-order chi connectivity index (χ1) is 9.93. The molecule has 1 aromatic carbocycles. The second kappa shape index (κ2) is 7.10. The van der Waals surface area contributed by atoms with Gasteiger partial charge in [-0.15, -0.1) is 0 Å². The van der Waals surface area contributed by atoms with Gasteiger partial charge < -0.3 is 5.73 Å². The van der Waals surface area contributed by atoms with Gasteiger partial charge in [-0.25, -0.2) is 10.4 Å². The Labute approximate surface area is 133 Å². The lowest BCUT2D eigenvalue weighted by Crippen LogP contribution is -2.63. The fourth-order valence-electron chi connectivity index (χ4n) is 3.16. The van der Waals surface area contributed by atoms with E-state index < -0.39 is 0 Å². The van der Waals surface area contributed by atoms with E-state index >= 15 is 0 Å². The topological polar surface area (TPSA) is 41.3 Å². The van der Waals surface area contributed by atoms with Crippen LogP contribution in [0.15, 0.2) is 24.3 Å². The molecule has 3 nitrogen and oxygen atoms in total. The molecule has 1 aliphatic heterocycles. The van der Waals surface area contributed by atoms with Gasteiger partial charge in [-0.1, -0.05) is 30.2 Å². The number of nitrogens with two attached hydrogens (primary N) is 1. The highest BCUT2D eigenvalue weighted by molar-refractivity contribution is 6.30. The summed E-state index contributed by atoms with van der Waals surface area (Å²) in [6.45, 7) is 7.39. The van der Waals surface area contributed by atoms with Crippen molar-refractivity contribution in [3.05, 3.63) is 34.9 Å². The van der Waals surface area contributed by atoms with Gasteiger partial charge in [0, 0.05) is 29.2 Å². The van der Waals surface area contributed by atoms with Crippen LogP contribution in [0.5, 0.6) is 0 Å². The molecule has 2 rings (SSSR count). The molecule has 3 N–H and O–H groups in total. The summed E-state index contributed by atoms with van der Waals surface area (Å²) in [5.74, 6) is 0. The Balaban J connectivity index is 2.07. The van der Waals surface area contributed by atoms with Crippen LogP contribution in [0.4, 0.5) is 0 Å². The van der Waals surface area contributed by atoms with E-state index in [4.69, 9.17) is 17.3 Å². The van der Waals surface area contributed by atoms with Crippen LogP contribution < -0.4 is 11.2 Å². The first-order valence-corrected chi connectivity index (χ1v) is 8.32. The Morgan fingerprint density at radius 2 is 1.81 bits per heavy atom. The van der Waals surface area contributed by atoms with Crippen molar-refractivity contribution in [3.63, 3.8) is 0 Å². The van der Waals surface area contributed by atoms with E-state index in [2.05, 4.69) is 43.3 Å². The summed E-state index contributed by atoms with van der Waals surface area (Å²) < 4.78 is 0. The zero-order chi connectivity index (χ0) is 15.5. The molecule has 0 aliphatic carbocycles. The van der Waals surface area contributed by atoms with Gasteiger partial charge in [0.25, 0.3) is 0 Å². The number of nitrogens with one attached hydrogen (secondary N) is 1. The average molecular weight is 310 g/mol. The molecular formula is C17H28ClN3. The molecule has 0 spiro atoms. The van der Waals surface area contributed by atoms with Crippen molar-refractivity contribution in [2.24, 2.45) is 5.73 Å². The third kappa shape index (κ3) is 4.43. The number of hydrogen-bond donors (Lipinski definition) is 2. The van der Waals surface area contributed by atoms with Gasteiger partial charge >= 0.3 is 0 Å². The first kappa shape index (κ1) is 16.8. The highest BCUT2D eigenvalue weighted by Gasteiger charge is 2.31. The minimum Gasteiger partial charge on any atom is -0.329 e. The Kier molecular flexibility index (Phi) is 5.67. The Morgan fingerprint density at radius 1 is 1.24 bits per heavy atom. The highest BCUT2D eigenvalue weighted by atomic mass is 35.5. The third-order valence-corrected chi connectivity index (χ3v) is 4.80. The van der Waals surface area contributed by atoms with E-state index in [-0.39, 0.29) is 5.54 Å². The number of piperidine rings is 1. The molecule has 0 saturated carbocycles. The summed E-state index contributed by atoms with van der Waals surface area (Å²) in [6.07, 6.45) is 4.71. The summed E-state index contributed by atoms with van der Waals surface area (Å²) in [6, 6.07) is 9.18. The van der Waals surface area contributed by atoms with Gasteiger partial charge in [0.15, 0.2) is 0 Å². The molecule has 0 radical (unpaired) electrons. The number of hydrazine groups is 1. The van der Waals surface area contributed by atoms with Crippen LogP contribution in [0.25, 0.3) is 0 Å². The zero-order valence-electron chi connectivity index (χ0n) is 13.4. The predicted octanol–water partition coefficient (Wildman–Crippen LogP) is 3.37. The molecule has 0 bridgehead atoms. The molecule has 0 amide bonds. The molecule has 3 atom stereocenters. The molecule has 1 aromatic rings. The maximum atomic E-state index is 6.08. The quantitative estimate of drug-likeness (QED) is 0.876. The van der Waals surface area contributed by atoms with Gasteiger partial charge in [-0.2, -0.15) is 0 Å². The number of nitrogens with zero attached hydrogens (tertiary/aromatic N) is 1. The molecule has 1 heterocycles. The van der Waals surface area contributed by atoms with E-state index in [1.54, 1.807) is 0 Å². The molecule has 4 heteroatoms. The van der Waals surface area contributed by atoms with Crippen LogP contribution in [-0.2, 0) is 6.42 Å². The van der Waals surface area contributed by atoms with E-state index in [1.807, 2.05) is 12.1 Å². The fourth-order valence-corrected chi connectivity index (χ4v) is 3.29. The minimum absolute atomic E-state index is 0.131. The van der Waals surface area contributed by atoms with Crippen LogP contribution in [0.3, 0.4) is 0 Å². The van der Waals surface area contributed by atoms with Crippen molar-refractivity contribution in [3.8, 4) is 0 Å². The number of rotatable bonds is 5. The summed E-state index contributed by atoms with van der Waals surface area (Å²) in [7, 11) is 0. The Morgan fingerprint density at radius 3 is 2.33 bits per heavy atom. The summed E-state index contributed by atoms with van der Waals surface area (Å²) in [5.41, 5.74) is 10.9. The molecule has 21 heavy (non-hydrogen) atoms. The Hall–Kier alpha value is -0.610. The van der Waals surface area contributed by atoms with Gasteiger partial charge in [0.2, 0.25) is 0 Å². The lowest BCUT2D eigenvalue weighted by molar-refractivity contribution is 0.00665. The maximum Gasteiger partial charge on any atom is 0.0460 e. The molecule has 0 aromatic heterocycles. The van der Waals surface area contributed by atoms with Crippen LogP contribution >= 0.6 is 11.6 Å². The summed E-state index contributed by atoms with van der Waals surface area (Å²) >= 11 is 5.96. The van der Waals surface area contributed by atoms with Gasteiger partial charge in [0.1, 0.15) is 0 Å². The fraction of sp³-hybridized carbons (Fsp3) is 0.647. The van der Waals surface area contributed by atoms with E-state index in [0.29, 0.717) is 18.6 Å². The van der Waals surface area contributed by atoms with Crippen molar-refractivity contribution in [1.29, 1.82) is 0 Å². The van der Waals surface area contributed by atoms with Crippen LogP contribution in [0, 0.1) is 0 Å². The molecule has 1 aliphatic rings. The normalized spacial score (nSPS) is 26.5. The second-order valence-corrected chi connectivity index (χ2v) is 7.15. The average Bonchev–Trinajstić information content (AvgIpc) is 2.46. The molecule has 1 saturated heterocycles. The number of halogens is 1. The second-order valence-electron chi connectivity index (χ2n) is 6.72. The zero-order valence-corrected chi connectivity index (χ0v) is 14.2. The monoisotopic (exact) mass is 309 g/mol. The van der Waals surface area contributed by atoms with Crippen LogP contribution in [0.1, 0.15) is 45.6 Å². The largest absolute Gasteiger partial charge is 0.329 e. The predicted molar refractivity (Wildman–Crippen MR) is 90.4 cm³/mol. The SMILES string of the molecule is CC1CCCC(C)N1NC(C)(CN)Cc1ccc(Cl)cc1. The van der Waals surface area contributed by atoms with Gasteiger partial charge in [-0.3, -0.25) is 0 Å². The standard InChI is InChI=1S/C17H28ClN3/c1-13-5-4-6-14(2)21(13)20-17(3,12-19)11-15-7-9-16(18)10-8-15/h7-10,13-14,20H,4-6,11-12,19H2,1-3H3. The molecule has 1 fully saturated rings. The van der Waals surface area contributed by atoms with Crippen molar-refractivity contribution >= 4 is 11.6 Å². The van der Waals surface area contributed by atoms with Crippen LogP contribution in [-0.4, -0.2) is 29.2 Å². The van der Waals surface area contributed by atoms with Crippen molar-refractivity contribution < 1.29 is 0 Å². The van der Waals surface area contributed by atoms with E-state index in [0.717, 1.165) is 11.4 Å². The van der Waals surface area contributed by atoms with E-state index in [1.165, 1.54) is 24.8 Å². The Bertz CT molecular complexity index is 438. The smallest absolute Gasteiger partial charge is 0.0460 e. The first-order valence-electron chi connectivity index (χ1n) is 7.94. The molecular weight excluding hydrogens is 282 g/mol. The molecule has 118 valence electrons. The summed E-state index contributed by atoms with van der Waals surface area (Å²) in [5, 5.41) is 3.19. The summed E-state index contributed by atoms with van der Waals surface area (Å²) in [4.78, 5) is 0. The van der Waals surface area contributed by atoms with Crippen molar-refractivity contribution in [1.82, 2.24) is 10.4 Å². The van der Waals surface area contributed by atoms with Crippen molar-refractivity contribution in [2.75, 3.05) is 6.54 Å².